The Labute approximate surface area is 290 Å². The molecule has 0 aliphatic rings. The zero-order valence-corrected chi connectivity index (χ0v) is 28.1. The maximum atomic E-state index is 13.6. The predicted octanol–water partition coefficient (Wildman–Crippen LogP) is 9.74. The van der Waals surface area contributed by atoms with Crippen LogP contribution in [0, 0.1) is 11.6 Å². The summed E-state index contributed by atoms with van der Waals surface area (Å²) in [5.41, 5.74) is 15.1. The zero-order valence-electron chi connectivity index (χ0n) is 28.1. The van der Waals surface area contributed by atoms with Crippen LogP contribution in [0.25, 0.3) is 43.6 Å². The molecule has 0 fully saturated rings. The molecule has 0 saturated carbocycles. The number of hydrogen-bond acceptors (Lipinski definition) is 3. The van der Waals surface area contributed by atoms with Crippen LogP contribution >= 0.6 is 0 Å². The molecule has 0 spiro atoms. The van der Waals surface area contributed by atoms with Gasteiger partial charge in [-0.3, -0.25) is 9.97 Å². The van der Waals surface area contributed by atoms with Crippen molar-refractivity contribution in [1.29, 1.82) is 0 Å². The number of para-hydroxylation sites is 2. The molecule has 8 rings (SSSR count). The predicted molar refractivity (Wildman–Crippen MR) is 199 cm³/mol. The first-order chi connectivity index (χ1) is 24.4. The van der Waals surface area contributed by atoms with Crippen LogP contribution in [0.2, 0.25) is 0 Å². The van der Waals surface area contributed by atoms with Crippen molar-refractivity contribution < 1.29 is 8.78 Å². The number of benzene rings is 4. The molecule has 0 atom stereocenters. The Morgan fingerprint density at radius 3 is 1.46 bits per heavy atom. The number of unbranched alkanes of at least 4 members (excludes halogenated alkanes) is 1. The standard InChI is InChI=1S/C43H39F2N5/c1-2-3-20-43(46,23-33-21-37-35-8-4-6-10-39(35)49(41(37)25-47-33)27-29-12-16-31(44)17-13-29)24-34-22-38-36-9-5-7-11-40(36)50(42(38)26-48-34)28-30-14-18-32(45)19-15-30/h4-19,21-22,25-26H,2-3,20,23-24,27-28,46H2,1H3. The first kappa shape index (κ1) is 31.8. The molecule has 5 nitrogen and oxygen atoms in total. The Bertz CT molecular complexity index is 2290. The molecule has 0 aliphatic carbocycles. The number of fused-ring (bicyclic) bond motifs is 6. The van der Waals surface area contributed by atoms with E-state index in [2.05, 4.69) is 76.7 Å². The maximum absolute atomic E-state index is 13.6. The third-order valence-corrected chi connectivity index (χ3v) is 10.0. The summed E-state index contributed by atoms with van der Waals surface area (Å²) in [7, 11) is 0. The van der Waals surface area contributed by atoms with Gasteiger partial charge in [0.25, 0.3) is 0 Å². The SMILES string of the molecule is CCCCC(N)(Cc1cc2c3ccccc3n(Cc3ccc(F)cc3)c2cn1)Cc1cc2c3ccccc3n(Cc3ccc(F)cc3)c2cn1. The van der Waals surface area contributed by atoms with E-state index >= 15 is 0 Å². The minimum Gasteiger partial charge on any atom is -0.335 e. The molecule has 4 heterocycles. The number of pyridine rings is 2. The molecule has 8 aromatic rings. The van der Waals surface area contributed by atoms with Gasteiger partial charge in [0.15, 0.2) is 0 Å². The summed E-state index contributed by atoms with van der Waals surface area (Å²) in [6, 6.07) is 34.6. The van der Waals surface area contributed by atoms with Gasteiger partial charge in [0, 0.05) is 75.4 Å². The van der Waals surface area contributed by atoms with Crippen LogP contribution in [-0.2, 0) is 25.9 Å². The lowest BCUT2D eigenvalue weighted by molar-refractivity contribution is 0.368. The summed E-state index contributed by atoms with van der Waals surface area (Å²) in [5, 5.41) is 4.60. The molecule has 250 valence electrons. The van der Waals surface area contributed by atoms with Gasteiger partial charge in [-0.15, -0.1) is 0 Å². The van der Waals surface area contributed by atoms with E-state index in [0.29, 0.717) is 25.9 Å². The number of rotatable bonds is 11. The van der Waals surface area contributed by atoms with E-state index in [1.807, 2.05) is 36.7 Å². The highest BCUT2D eigenvalue weighted by Crippen LogP contribution is 2.33. The molecule has 4 aromatic carbocycles. The molecule has 7 heteroatoms. The van der Waals surface area contributed by atoms with Crippen LogP contribution < -0.4 is 5.73 Å². The molecule has 2 N–H and O–H groups in total. The fourth-order valence-corrected chi connectivity index (χ4v) is 7.55. The highest BCUT2D eigenvalue weighted by molar-refractivity contribution is 6.08. The van der Waals surface area contributed by atoms with Gasteiger partial charge < -0.3 is 14.9 Å². The van der Waals surface area contributed by atoms with Crippen molar-refractivity contribution in [2.24, 2.45) is 5.73 Å². The second-order valence-corrected chi connectivity index (χ2v) is 13.7. The molecule has 0 aliphatic heterocycles. The van der Waals surface area contributed by atoms with Crippen molar-refractivity contribution in [3.05, 3.63) is 156 Å². The van der Waals surface area contributed by atoms with Crippen LogP contribution in [0.5, 0.6) is 0 Å². The molecule has 0 saturated heterocycles. The average Bonchev–Trinajstić information content (AvgIpc) is 3.60. The Hall–Kier alpha value is -5.40. The lowest BCUT2D eigenvalue weighted by atomic mass is 9.84. The highest BCUT2D eigenvalue weighted by Gasteiger charge is 2.28. The molecule has 50 heavy (non-hydrogen) atoms. The summed E-state index contributed by atoms with van der Waals surface area (Å²) in [5.74, 6) is -0.473. The third kappa shape index (κ3) is 6.14. The van der Waals surface area contributed by atoms with Crippen molar-refractivity contribution >= 4 is 43.6 Å². The quantitative estimate of drug-likeness (QED) is 0.150. The number of nitrogens with two attached hydrogens (primary N) is 1. The third-order valence-electron chi connectivity index (χ3n) is 10.0. The Kier molecular flexibility index (Phi) is 8.37. The monoisotopic (exact) mass is 663 g/mol. The normalized spacial score (nSPS) is 12.2. The largest absolute Gasteiger partial charge is 0.335 e. The van der Waals surface area contributed by atoms with Crippen molar-refractivity contribution in [3.8, 4) is 0 Å². The number of nitrogens with zero attached hydrogens (tertiary/aromatic N) is 4. The molecule has 0 unspecified atom stereocenters. The molecule has 4 aromatic heterocycles. The fraction of sp³-hybridized carbons (Fsp3) is 0.209. The van der Waals surface area contributed by atoms with E-state index in [4.69, 9.17) is 15.7 Å². The van der Waals surface area contributed by atoms with Gasteiger partial charge in [0.1, 0.15) is 11.6 Å². The maximum Gasteiger partial charge on any atom is 0.123 e. The Morgan fingerprint density at radius 1 is 0.580 bits per heavy atom. The van der Waals surface area contributed by atoms with Crippen LogP contribution in [0.1, 0.15) is 48.7 Å². The van der Waals surface area contributed by atoms with Gasteiger partial charge >= 0.3 is 0 Å². The van der Waals surface area contributed by atoms with E-state index < -0.39 is 5.54 Å². The second-order valence-electron chi connectivity index (χ2n) is 13.7. The molecular weight excluding hydrogens is 625 g/mol. The van der Waals surface area contributed by atoms with Gasteiger partial charge in [-0.25, -0.2) is 8.78 Å². The number of aromatic nitrogens is 4. The first-order valence-electron chi connectivity index (χ1n) is 17.4. The summed E-state index contributed by atoms with van der Waals surface area (Å²) < 4.78 is 31.8. The molecule has 0 radical (unpaired) electrons. The van der Waals surface area contributed by atoms with Gasteiger partial charge in [0.2, 0.25) is 0 Å². The van der Waals surface area contributed by atoms with E-state index in [1.165, 1.54) is 24.3 Å². The summed E-state index contributed by atoms with van der Waals surface area (Å²) >= 11 is 0. The first-order valence-corrected chi connectivity index (χ1v) is 17.4. The molecular formula is C43H39F2N5. The highest BCUT2D eigenvalue weighted by atomic mass is 19.1. The molecule has 0 amide bonds. The second kappa shape index (κ2) is 13.1. The topological polar surface area (TPSA) is 61.7 Å². The van der Waals surface area contributed by atoms with Crippen LogP contribution in [0.3, 0.4) is 0 Å². The number of halogens is 2. The van der Waals surface area contributed by atoms with Crippen molar-refractivity contribution in [3.63, 3.8) is 0 Å². The van der Waals surface area contributed by atoms with Gasteiger partial charge in [0.05, 0.1) is 23.4 Å². The van der Waals surface area contributed by atoms with E-state index in [9.17, 15) is 8.78 Å². The fourth-order valence-electron chi connectivity index (χ4n) is 7.55. The zero-order chi connectivity index (χ0) is 34.2. The van der Waals surface area contributed by atoms with E-state index in [0.717, 1.165) is 85.4 Å². The van der Waals surface area contributed by atoms with Crippen molar-refractivity contribution in [2.75, 3.05) is 0 Å². The Morgan fingerprint density at radius 2 is 1.02 bits per heavy atom. The molecule has 0 bridgehead atoms. The lowest BCUT2D eigenvalue weighted by Gasteiger charge is -2.29. The van der Waals surface area contributed by atoms with Crippen LogP contribution in [0.4, 0.5) is 8.78 Å². The van der Waals surface area contributed by atoms with Gasteiger partial charge in [-0.2, -0.15) is 0 Å². The summed E-state index contributed by atoms with van der Waals surface area (Å²) in [6.45, 7) is 3.44. The van der Waals surface area contributed by atoms with Crippen LogP contribution in [-0.4, -0.2) is 24.6 Å². The van der Waals surface area contributed by atoms with Crippen LogP contribution in [0.15, 0.2) is 122 Å². The smallest absolute Gasteiger partial charge is 0.123 e. The Balaban J connectivity index is 1.13. The number of hydrogen-bond donors (Lipinski definition) is 1. The van der Waals surface area contributed by atoms with Gasteiger partial charge in [-0.1, -0.05) is 80.4 Å². The minimum absolute atomic E-state index is 0.237. The minimum atomic E-state index is -0.545. The average molecular weight is 664 g/mol. The van der Waals surface area contributed by atoms with Crippen molar-refractivity contribution in [1.82, 2.24) is 19.1 Å². The summed E-state index contributed by atoms with van der Waals surface area (Å²) in [4.78, 5) is 9.97. The lowest BCUT2D eigenvalue weighted by Crippen LogP contribution is -2.44. The van der Waals surface area contributed by atoms with Crippen molar-refractivity contribution in [2.45, 2.75) is 57.7 Å². The van der Waals surface area contributed by atoms with Gasteiger partial charge in [-0.05, 0) is 66.1 Å². The van der Waals surface area contributed by atoms with E-state index in [1.54, 1.807) is 0 Å². The van der Waals surface area contributed by atoms with E-state index in [-0.39, 0.29) is 11.6 Å². The summed E-state index contributed by atoms with van der Waals surface area (Å²) in [6.07, 6.45) is 8.07.